The summed E-state index contributed by atoms with van der Waals surface area (Å²) in [4.78, 5) is 6.68. The molecular weight excluding hydrogens is 376 g/mol. The van der Waals surface area contributed by atoms with Crippen molar-refractivity contribution >= 4 is 5.71 Å². The maximum atomic E-state index is 4.54. The van der Waals surface area contributed by atoms with Gasteiger partial charge in [-0.2, -0.15) is 0 Å². The second kappa shape index (κ2) is 11.7. The van der Waals surface area contributed by atoms with Gasteiger partial charge in [0.1, 0.15) is 0 Å². The minimum atomic E-state index is 0.768. The van der Waals surface area contributed by atoms with E-state index in [9.17, 15) is 0 Å². The van der Waals surface area contributed by atoms with Crippen molar-refractivity contribution in [2.75, 3.05) is 7.05 Å². The van der Waals surface area contributed by atoms with Crippen molar-refractivity contribution in [1.29, 1.82) is 0 Å². The molecule has 0 heterocycles. The number of aliphatic imine (C=N–C) groups is 1. The Morgan fingerprint density at radius 2 is 1.97 bits per heavy atom. The van der Waals surface area contributed by atoms with E-state index >= 15 is 0 Å². The van der Waals surface area contributed by atoms with Gasteiger partial charge in [0, 0.05) is 31.2 Å². The number of likely N-dealkylation sites (N-methyl/N-ethyl adjacent to an activating group) is 1. The highest BCUT2D eigenvalue weighted by molar-refractivity contribution is 5.99. The van der Waals surface area contributed by atoms with Crippen LogP contribution in [0.5, 0.6) is 0 Å². The lowest BCUT2D eigenvalue weighted by molar-refractivity contribution is 0.426. The lowest BCUT2D eigenvalue weighted by Gasteiger charge is -2.20. The van der Waals surface area contributed by atoms with Gasteiger partial charge >= 0.3 is 0 Å². The third kappa shape index (κ3) is 7.75. The predicted molar refractivity (Wildman–Crippen MR) is 137 cm³/mol. The van der Waals surface area contributed by atoms with Crippen LogP contribution < -0.4 is 0 Å². The summed E-state index contributed by atoms with van der Waals surface area (Å²) < 4.78 is 0. The Bertz CT molecular complexity index is 1020. The van der Waals surface area contributed by atoms with Crippen molar-refractivity contribution < 1.29 is 0 Å². The molecule has 1 aromatic carbocycles. The Morgan fingerprint density at radius 3 is 2.71 bits per heavy atom. The molecule has 0 saturated heterocycles. The number of benzene rings is 1. The van der Waals surface area contributed by atoms with Crippen molar-refractivity contribution in [2.45, 2.75) is 33.7 Å². The first-order valence-electron chi connectivity index (χ1n) is 10.5. The largest absolute Gasteiger partial charge is 0.371 e. The standard InChI is InChI=1S/C29H34N2/c1-8-22(2)20-30-26(6)29-14-10-12-27(19-29)21-31(7)25(5)17-16-24(4)28-13-9-11-23(3)15-18-28/h8-14,16-20H,1,4-5,15,21H2,2-3,6-7H3/b17-16-,22-20-,30-26?. The average Bonchev–Trinajstić information content (AvgIpc) is 2.99. The van der Waals surface area contributed by atoms with Gasteiger partial charge in [0.05, 0.1) is 0 Å². The monoisotopic (exact) mass is 410 g/mol. The van der Waals surface area contributed by atoms with Crippen LogP contribution in [0.4, 0.5) is 0 Å². The highest BCUT2D eigenvalue weighted by Crippen LogP contribution is 2.19. The predicted octanol–water partition coefficient (Wildman–Crippen LogP) is 7.48. The molecule has 0 saturated carbocycles. The lowest BCUT2D eigenvalue weighted by atomic mass is 10.0. The van der Waals surface area contributed by atoms with Crippen LogP contribution in [0.25, 0.3) is 0 Å². The van der Waals surface area contributed by atoms with E-state index < -0.39 is 0 Å². The Kier molecular flexibility index (Phi) is 9.02. The maximum absolute atomic E-state index is 4.54. The normalized spacial score (nSPS) is 14.7. The first-order valence-corrected chi connectivity index (χ1v) is 10.5. The van der Waals surface area contributed by atoms with Crippen LogP contribution in [0.2, 0.25) is 0 Å². The van der Waals surface area contributed by atoms with E-state index in [-0.39, 0.29) is 0 Å². The molecule has 0 aromatic heterocycles. The fourth-order valence-electron chi connectivity index (χ4n) is 2.98. The van der Waals surface area contributed by atoms with Crippen LogP contribution in [-0.4, -0.2) is 17.7 Å². The molecule has 0 spiro atoms. The zero-order valence-corrected chi connectivity index (χ0v) is 19.4. The van der Waals surface area contributed by atoms with E-state index in [1.807, 2.05) is 32.2 Å². The minimum Gasteiger partial charge on any atom is -0.371 e. The maximum Gasteiger partial charge on any atom is 0.0445 e. The fraction of sp³-hybridized carbons (Fsp3) is 0.207. The zero-order chi connectivity index (χ0) is 22.8. The van der Waals surface area contributed by atoms with Crippen LogP contribution in [0.1, 0.15) is 38.3 Å². The summed E-state index contributed by atoms with van der Waals surface area (Å²) in [5.41, 5.74) is 8.79. The molecule has 2 nitrogen and oxygen atoms in total. The molecule has 0 amide bonds. The molecule has 0 fully saturated rings. The highest BCUT2D eigenvalue weighted by atomic mass is 15.1. The summed E-state index contributed by atoms with van der Waals surface area (Å²) in [5, 5.41) is 0. The van der Waals surface area contributed by atoms with Crippen LogP contribution >= 0.6 is 0 Å². The van der Waals surface area contributed by atoms with Gasteiger partial charge in [-0.15, -0.1) is 0 Å². The molecule has 0 N–H and O–H groups in total. The van der Waals surface area contributed by atoms with Crippen molar-refractivity contribution in [3.05, 3.63) is 132 Å². The number of rotatable bonds is 9. The molecule has 0 aliphatic heterocycles. The van der Waals surface area contributed by atoms with Crippen LogP contribution in [0, 0.1) is 0 Å². The van der Waals surface area contributed by atoms with E-state index in [1.165, 1.54) is 11.1 Å². The Hall–Kier alpha value is -3.39. The molecule has 31 heavy (non-hydrogen) atoms. The smallest absolute Gasteiger partial charge is 0.0445 e. The first kappa shape index (κ1) is 23.9. The van der Waals surface area contributed by atoms with Crippen molar-refractivity contribution in [1.82, 2.24) is 4.90 Å². The van der Waals surface area contributed by atoms with Crippen molar-refractivity contribution in [3.63, 3.8) is 0 Å². The number of nitrogens with zero attached hydrogens (tertiary/aromatic N) is 2. The topological polar surface area (TPSA) is 15.6 Å². The Labute approximate surface area is 188 Å². The SMILES string of the molecule is C=C/C(C)=C\N=C(C)c1cccc(CN(C)C(=C)/C=C\C(=C)C2=CCC(C)=CC=C2)c1. The molecule has 160 valence electrons. The molecular formula is C29H34N2. The summed E-state index contributed by atoms with van der Waals surface area (Å²) in [6, 6.07) is 8.47. The van der Waals surface area contributed by atoms with E-state index in [0.29, 0.717) is 0 Å². The summed E-state index contributed by atoms with van der Waals surface area (Å²) in [7, 11) is 2.05. The fourth-order valence-corrected chi connectivity index (χ4v) is 2.98. The molecule has 1 aromatic rings. The zero-order valence-electron chi connectivity index (χ0n) is 19.4. The first-order chi connectivity index (χ1) is 14.8. The van der Waals surface area contributed by atoms with E-state index in [1.54, 1.807) is 6.08 Å². The van der Waals surface area contributed by atoms with E-state index in [4.69, 9.17) is 0 Å². The van der Waals surface area contributed by atoms with Gasteiger partial charge in [-0.1, -0.05) is 80.0 Å². The van der Waals surface area contributed by atoms with Gasteiger partial charge < -0.3 is 4.90 Å². The van der Waals surface area contributed by atoms with Crippen LogP contribution in [-0.2, 0) is 6.54 Å². The number of allylic oxidation sites excluding steroid dienone is 11. The molecule has 2 rings (SSSR count). The minimum absolute atomic E-state index is 0.768. The summed E-state index contributed by atoms with van der Waals surface area (Å²) in [6.07, 6.45) is 17.2. The third-order valence-corrected chi connectivity index (χ3v) is 5.19. The number of hydrogen-bond donors (Lipinski definition) is 0. The van der Waals surface area contributed by atoms with Crippen molar-refractivity contribution in [3.8, 4) is 0 Å². The quantitative estimate of drug-likeness (QED) is 0.304. The van der Waals surface area contributed by atoms with Gasteiger partial charge in [-0.3, -0.25) is 4.99 Å². The summed E-state index contributed by atoms with van der Waals surface area (Å²) in [5.74, 6) is 0. The third-order valence-electron chi connectivity index (χ3n) is 5.19. The molecule has 1 aliphatic rings. The van der Waals surface area contributed by atoms with Crippen molar-refractivity contribution in [2.24, 2.45) is 4.99 Å². The van der Waals surface area contributed by atoms with Gasteiger partial charge in [-0.25, -0.2) is 0 Å². The summed E-state index contributed by atoms with van der Waals surface area (Å²) >= 11 is 0. The summed E-state index contributed by atoms with van der Waals surface area (Å²) in [6.45, 7) is 19.1. The van der Waals surface area contributed by atoms with Gasteiger partial charge in [0.15, 0.2) is 0 Å². The van der Waals surface area contributed by atoms with E-state index in [2.05, 4.69) is 92.2 Å². The number of hydrogen-bond acceptors (Lipinski definition) is 2. The van der Waals surface area contributed by atoms with Gasteiger partial charge in [0.25, 0.3) is 0 Å². The van der Waals surface area contributed by atoms with E-state index in [0.717, 1.165) is 46.7 Å². The molecule has 0 bridgehead atoms. The second-order valence-electron chi connectivity index (χ2n) is 7.93. The highest BCUT2D eigenvalue weighted by Gasteiger charge is 2.05. The molecule has 1 aliphatic carbocycles. The molecule has 0 atom stereocenters. The van der Waals surface area contributed by atoms with Crippen LogP contribution in [0.3, 0.4) is 0 Å². The molecule has 2 heteroatoms. The molecule has 0 radical (unpaired) electrons. The Balaban J connectivity index is 2.02. The average molecular weight is 411 g/mol. The van der Waals surface area contributed by atoms with Crippen LogP contribution in [0.15, 0.2) is 126 Å². The Morgan fingerprint density at radius 1 is 1.19 bits per heavy atom. The lowest BCUT2D eigenvalue weighted by Crippen LogP contribution is -2.15. The second-order valence-corrected chi connectivity index (χ2v) is 7.93. The van der Waals surface area contributed by atoms with Gasteiger partial charge in [0.2, 0.25) is 0 Å². The van der Waals surface area contributed by atoms with Gasteiger partial charge in [-0.05, 0) is 67.2 Å². The molecule has 0 unspecified atom stereocenters.